The van der Waals surface area contributed by atoms with E-state index < -0.39 is 0 Å². The number of amides is 1. The van der Waals surface area contributed by atoms with Crippen molar-refractivity contribution >= 4 is 11.6 Å². The van der Waals surface area contributed by atoms with Gasteiger partial charge in [0, 0.05) is 32.2 Å². The van der Waals surface area contributed by atoms with Gasteiger partial charge in [-0.3, -0.25) is 4.79 Å². The number of anilines is 1. The molecule has 0 fully saturated rings. The summed E-state index contributed by atoms with van der Waals surface area (Å²) < 4.78 is 0. The first kappa shape index (κ1) is 13.7. The van der Waals surface area contributed by atoms with Gasteiger partial charge in [-0.25, -0.2) is 0 Å². The zero-order valence-corrected chi connectivity index (χ0v) is 11.7. The van der Waals surface area contributed by atoms with Crippen LogP contribution in [0.4, 0.5) is 5.69 Å². The topological polar surface area (TPSA) is 32.3 Å². The Morgan fingerprint density at radius 3 is 2.58 bits per heavy atom. The Morgan fingerprint density at radius 1 is 1.26 bits per heavy atom. The number of allylic oxidation sites excluding steroid dienone is 2. The molecule has 3 heteroatoms. The minimum absolute atomic E-state index is 0.158. The number of benzene rings is 1. The molecule has 0 unspecified atom stereocenters. The Morgan fingerprint density at radius 2 is 2.00 bits per heavy atom. The minimum atomic E-state index is 0.158. The lowest BCUT2D eigenvalue weighted by Crippen LogP contribution is -2.30. The molecule has 1 amide bonds. The van der Waals surface area contributed by atoms with Crippen molar-refractivity contribution in [2.24, 2.45) is 5.92 Å². The molecule has 1 aromatic carbocycles. The number of nitrogens with one attached hydrogen (secondary N) is 1. The van der Waals surface area contributed by atoms with Gasteiger partial charge in [-0.05, 0) is 37.0 Å². The van der Waals surface area contributed by atoms with E-state index in [1.807, 2.05) is 14.1 Å². The van der Waals surface area contributed by atoms with Crippen molar-refractivity contribution in [3.63, 3.8) is 0 Å². The van der Waals surface area contributed by atoms with E-state index in [0.717, 1.165) is 24.8 Å². The summed E-state index contributed by atoms with van der Waals surface area (Å²) in [6.07, 6.45) is 7.15. The molecule has 102 valence electrons. The van der Waals surface area contributed by atoms with E-state index in [0.29, 0.717) is 6.54 Å². The van der Waals surface area contributed by atoms with Crippen LogP contribution in [0.2, 0.25) is 0 Å². The molecule has 0 bridgehead atoms. The van der Waals surface area contributed by atoms with Crippen LogP contribution in [0.3, 0.4) is 0 Å². The van der Waals surface area contributed by atoms with Crippen LogP contribution in [0.15, 0.2) is 36.4 Å². The average Bonchev–Trinajstić information content (AvgIpc) is 2.46. The van der Waals surface area contributed by atoms with Gasteiger partial charge in [0.2, 0.25) is 5.91 Å². The van der Waals surface area contributed by atoms with E-state index in [9.17, 15) is 4.79 Å². The van der Waals surface area contributed by atoms with Crippen molar-refractivity contribution in [2.75, 3.05) is 19.0 Å². The third kappa shape index (κ3) is 3.85. The maximum atomic E-state index is 12.0. The largest absolute Gasteiger partial charge is 0.378 e. The van der Waals surface area contributed by atoms with Crippen molar-refractivity contribution in [1.82, 2.24) is 5.32 Å². The molecule has 19 heavy (non-hydrogen) atoms. The van der Waals surface area contributed by atoms with Crippen LogP contribution in [0, 0.1) is 5.92 Å². The highest BCUT2D eigenvalue weighted by atomic mass is 16.1. The molecule has 0 aromatic heterocycles. The van der Waals surface area contributed by atoms with Gasteiger partial charge >= 0.3 is 0 Å². The molecule has 1 atom stereocenters. The summed E-state index contributed by atoms with van der Waals surface area (Å²) in [6, 6.07) is 8.28. The van der Waals surface area contributed by atoms with Gasteiger partial charge in [0.05, 0.1) is 0 Å². The molecular weight excluding hydrogens is 236 g/mol. The second-order valence-electron chi connectivity index (χ2n) is 5.26. The van der Waals surface area contributed by atoms with Gasteiger partial charge in [-0.1, -0.05) is 24.3 Å². The monoisotopic (exact) mass is 258 g/mol. The summed E-state index contributed by atoms with van der Waals surface area (Å²) in [5, 5.41) is 3.03. The van der Waals surface area contributed by atoms with Crippen LogP contribution in [0.1, 0.15) is 24.8 Å². The minimum Gasteiger partial charge on any atom is -0.378 e. The number of rotatable bonds is 4. The molecule has 0 aliphatic heterocycles. The quantitative estimate of drug-likeness (QED) is 0.842. The average molecular weight is 258 g/mol. The zero-order chi connectivity index (χ0) is 13.7. The summed E-state index contributed by atoms with van der Waals surface area (Å²) >= 11 is 0. The fourth-order valence-electron chi connectivity index (χ4n) is 2.28. The predicted molar refractivity (Wildman–Crippen MR) is 79.1 cm³/mol. The number of carbonyl (C=O) groups excluding carboxylic acids is 1. The van der Waals surface area contributed by atoms with Crippen molar-refractivity contribution < 1.29 is 4.79 Å². The lowest BCUT2D eigenvalue weighted by atomic mass is 9.93. The number of hydrogen-bond acceptors (Lipinski definition) is 2. The van der Waals surface area contributed by atoms with Gasteiger partial charge in [0.25, 0.3) is 0 Å². The molecule has 1 aliphatic carbocycles. The van der Waals surface area contributed by atoms with Gasteiger partial charge in [0.15, 0.2) is 0 Å². The Labute approximate surface area is 115 Å². The standard InChI is InChI=1S/C16H22N2O/c1-18(2)15-10-8-13(9-11-15)12-17-16(19)14-6-4-3-5-7-14/h3-4,8-11,14H,5-7,12H2,1-2H3,(H,17,19)/t14-/m0/s1. The van der Waals surface area contributed by atoms with Crippen molar-refractivity contribution in [2.45, 2.75) is 25.8 Å². The highest BCUT2D eigenvalue weighted by Crippen LogP contribution is 2.18. The van der Waals surface area contributed by atoms with Crippen LogP contribution >= 0.6 is 0 Å². The van der Waals surface area contributed by atoms with Gasteiger partial charge in [-0.2, -0.15) is 0 Å². The first-order chi connectivity index (χ1) is 9.16. The molecule has 3 nitrogen and oxygen atoms in total. The van der Waals surface area contributed by atoms with Crippen LogP contribution in [-0.4, -0.2) is 20.0 Å². The fraction of sp³-hybridized carbons (Fsp3) is 0.438. The molecule has 2 rings (SSSR count). The van der Waals surface area contributed by atoms with Gasteiger partial charge in [-0.15, -0.1) is 0 Å². The first-order valence-electron chi connectivity index (χ1n) is 6.86. The highest BCUT2D eigenvalue weighted by molar-refractivity contribution is 5.79. The molecule has 0 saturated carbocycles. The molecule has 1 aliphatic rings. The second-order valence-corrected chi connectivity index (χ2v) is 5.26. The van der Waals surface area contributed by atoms with Crippen molar-refractivity contribution in [3.05, 3.63) is 42.0 Å². The van der Waals surface area contributed by atoms with Crippen LogP contribution < -0.4 is 10.2 Å². The van der Waals surface area contributed by atoms with E-state index >= 15 is 0 Å². The summed E-state index contributed by atoms with van der Waals surface area (Å²) in [6.45, 7) is 0.618. The molecule has 0 radical (unpaired) electrons. The van der Waals surface area contributed by atoms with Crippen molar-refractivity contribution in [1.29, 1.82) is 0 Å². The molecular formula is C16H22N2O. The smallest absolute Gasteiger partial charge is 0.223 e. The van der Waals surface area contributed by atoms with E-state index in [-0.39, 0.29) is 11.8 Å². The molecule has 0 spiro atoms. The summed E-state index contributed by atoms with van der Waals surface area (Å²) in [5.41, 5.74) is 2.32. The lowest BCUT2D eigenvalue weighted by Gasteiger charge is -2.17. The highest BCUT2D eigenvalue weighted by Gasteiger charge is 2.17. The van der Waals surface area contributed by atoms with E-state index in [1.165, 1.54) is 5.69 Å². The van der Waals surface area contributed by atoms with E-state index in [4.69, 9.17) is 0 Å². The van der Waals surface area contributed by atoms with Gasteiger partial charge in [0.1, 0.15) is 0 Å². The molecule has 0 heterocycles. The third-order valence-electron chi connectivity index (χ3n) is 3.56. The Kier molecular flexibility index (Phi) is 4.61. The molecule has 1 N–H and O–H groups in total. The molecule has 0 saturated heterocycles. The Bertz CT molecular complexity index is 448. The second kappa shape index (κ2) is 6.41. The lowest BCUT2D eigenvalue weighted by molar-refractivity contribution is -0.125. The Balaban J connectivity index is 1.84. The normalized spacial score (nSPS) is 18.1. The van der Waals surface area contributed by atoms with Crippen LogP contribution in [-0.2, 0) is 11.3 Å². The first-order valence-corrected chi connectivity index (χ1v) is 6.86. The summed E-state index contributed by atoms with van der Waals surface area (Å²) in [7, 11) is 4.04. The maximum absolute atomic E-state index is 12.0. The number of nitrogens with zero attached hydrogens (tertiary/aromatic N) is 1. The van der Waals surface area contributed by atoms with E-state index in [1.54, 1.807) is 0 Å². The van der Waals surface area contributed by atoms with Gasteiger partial charge < -0.3 is 10.2 Å². The Hall–Kier alpha value is -1.77. The maximum Gasteiger partial charge on any atom is 0.223 e. The fourth-order valence-corrected chi connectivity index (χ4v) is 2.28. The van der Waals surface area contributed by atoms with Crippen LogP contribution in [0.5, 0.6) is 0 Å². The van der Waals surface area contributed by atoms with Crippen molar-refractivity contribution in [3.8, 4) is 0 Å². The van der Waals surface area contributed by atoms with E-state index in [2.05, 4.69) is 46.6 Å². The third-order valence-corrected chi connectivity index (χ3v) is 3.56. The predicted octanol–water partition coefficient (Wildman–Crippen LogP) is 2.73. The SMILES string of the molecule is CN(C)c1ccc(CNC(=O)[C@H]2CC=CCC2)cc1. The number of carbonyl (C=O) groups is 1. The summed E-state index contributed by atoms with van der Waals surface area (Å²) in [4.78, 5) is 14.1. The summed E-state index contributed by atoms with van der Waals surface area (Å²) in [5.74, 6) is 0.340. The number of hydrogen-bond donors (Lipinski definition) is 1. The van der Waals surface area contributed by atoms with Crippen LogP contribution in [0.25, 0.3) is 0 Å². The molecule has 1 aromatic rings. The zero-order valence-electron chi connectivity index (χ0n) is 11.7.